The number of rotatable bonds is 14. The Morgan fingerprint density at radius 1 is 0.673 bits per heavy atom. The molecule has 0 aliphatic carbocycles. The molecule has 0 fully saturated rings. The Labute approximate surface area is 291 Å². The van der Waals surface area contributed by atoms with Gasteiger partial charge in [-0.1, -0.05) is 12.2 Å². The Hall–Kier alpha value is -4.72. The molecule has 2 aliphatic rings. The van der Waals surface area contributed by atoms with E-state index in [1.54, 1.807) is 12.2 Å². The summed E-state index contributed by atoms with van der Waals surface area (Å²) in [5.41, 5.74) is 16.2. The van der Waals surface area contributed by atoms with Crippen LogP contribution in [-0.4, -0.2) is 45.5 Å². The molecule has 0 bridgehead atoms. The van der Waals surface area contributed by atoms with Gasteiger partial charge in [-0.05, 0) is 126 Å². The van der Waals surface area contributed by atoms with Gasteiger partial charge < -0.3 is 19.4 Å². The number of carbonyl (C=O) groups excluding carboxylic acids is 2. The van der Waals surface area contributed by atoms with Crippen molar-refractivity contribution in [2.24, 2.45) is 9.98 Å². The monoisotopic (exact) mass is 664 g/mol. The van der Waals surface area contributed by atoms with Gasteiger partial charge in [0.1, 0.15) is 12.2 Å². The van der Waals surface area contributed by atoms with Gasteiger partial charge in [0.05, 0.1) is 24.2 Å². The van der Waals surface area contributed by atoms with Crippen LogP contribution in [0.5, 0.6) is 0 Å². The van der Waals surface area contributed by atoms with Crippen LogP contribution >= 0.6 is 0 Å². The first-order valence-corrected chi connectivity index (χ1v) is 17.1. The maximum atomic E-state index is 12.6. The number of ether oxygens (including phenoxy) is 2. The summed E-state index contributed by atoms with van der Waals surface area (Å²) >= 11 is 0. The smallest absolute Gasteiger partial charge is 0.310 e. The molecule has 8 nitrogen and oxygen atoms in total. The van der Waals surface area contributed by atoms with Crippen molar-refractivity contribution in [3.63, 3.8) is 0 Å². The fourth-order valence-electron chi connectivity index (χ4n) is 6.60. The molecule has 8 heteroatoms. The quantitative estimate of drug-likeness (QED) is 0.155. The second-order valence-corrected chi connectivity index (χ2v) is 13.4. The third-order valence-electron chi connectivity index (χ3n) is 9.61. The van der Waals surface area contributed by atoms with E-state index in [0.717, 1.165) is 85.4 Å². The molecular weight excluding hydrogens is 612 g/mol. The lowest BCUT2D eigenvalue weighted by Gasteiger charge is -2.11. The average molecular weight is 665 g/mol. The second-order valence-electron chi connectivity index (χ2n) is 13.4. The summed E-state index contributed by atoms with van der Waals surface area (Å²) < 4.78 is 11.1. The highest BCUT2D eigenvalue weighted by atomic mass is 16.5. The molecule has 2 aromatic heterocycles. The second kappa shape index (κ2) is 15.7. The number of nitrogens with one attached hydrogen (secondary N) is 2. The number of H-pyrrole nitrogens is 2. The van der Waals surface area contributed by atoms with Gasteiger partial charge >= 0.3 is 11.9 Å². The molecule has 0 unspecified atom stereocenters. The Morgan fingerprint density at radius 3 is 1.39 bits per heavy atom. The first kappa shape index (κ1) is 37.1. The summed E-state index contributed by atoms with van der Waals surface area (Å²) in [5, 5.41) is 0. The zero-order chi connectivity index (χ0) is 36.2. The third-order valence-corrected chi connectivity index (χ3v) is 9.61. The van der Waals surface area contributed by atoms with Crippen molar-refractivity contribution in [2.45, 2.75) is 114 Å². The zero-order valence-corrected chi connectivity index (χ0v) is 30.9. The normalized spacial score (nSPS) is 17.5. The van der Waals surface area contributed by atoms with Gasteiger partial charge in [0.25, 0.3) is 0 Å². The van der Waals surface area contributed by atoms with E-state index < -0.39 is 0 Å². The number of nitrogens with zero attached hydrogens (tertiary/aromatic N) is 2. The minimum Gasteiger partial charge on any atom is -0.462 e. The van der Waals surface area contributed by atoms with Gasteiger partial charge in [-0.25, -0.2) is 0 Å². The molecular formula is C41H52N4O4. The van der Waals surface area contributed by atoms with Crippen molar-refractivity contribution in [3.8, 4) is 0 Å². The molecule has 4 heterocycles. The van der Waals surface area contributed by atoms with Crippen LogP contribution in [0.2, 0.25) is 0 Å². The molecule has 0 radical (unpaired) electrons. The van der Waals surface area contributed by atoms with Gasteiger partial charge in [-0.2, -0.15) is 0 Å². The van der Waals surface area contributed by atoms with Crippen LogP contribution in [0, 0.1) is 27.7 Å². The zero-order valence-electron chi connectivity index (χ0n) is 30.9. The van der Waals surface area contributed by atoms with Crippen molar-refractivity contribution < 1.29 is 19.1 Å². The predicted molar refractivity (Wildman–Crippen MR) is 201 cm³/mol. The molecule has 260 valence electrons. The number of aliphatic imine (C=N–C) groups is 2. The molecule has 2 aromatic rings. The summed E-state index contributed by atoms with van der Waals surface area (Å²) in [5.74, 6) is -0.484. The summed E-state index contributed by atoms with van der Waals surface area (Å²) in [6.07, 6.45) is 9.70. The molecule has 0 saturated heterocycles. The minimum absolute atomic E-state index is 0.194. The minimum atomic E-state index is -0.242. The standard InChI is InChI=1S/C41H52N4O4/c1-13-15-22(3)48-40(46)18-34-26(7)38(44-30(34)11)20-36-24(5)32(28(9)42-36)17-33-25(6)37(43-29(33)10)21-39-27(8)35(31(12)45-39)19-41(47)49-23(4)16-14-2/h13-14,20-23,44-45H,1-2,15-19H2,3-12H3/b36-20-,37-21-/t22-,23-/m0/s1. The van der Waals surface area contributed by atoms with Crippen molar-refractivity contribution in [1.29, 1.82) is 0 Å². The van der Waals surface area contributed by atoms with Crippen molar-refractivity contribution in [1.82, 2.24) is 9.97 Å². The number of aryl methyl sites for hydroxylation is 2. The van der Waals surface area contributed by atoms with E-state index in [0.29, 0.717) is 12.8 Å². The topological polar surface area (TPSA) is 109 Å². The highest BCUT2D eigenvalue weighted by molar-refractivity contribution is 6.09. The molecule has 0 saturated carbocycles. The first-order chi connectivity index (χ1) is 23.1. The SMILES string of the molecule is C=CC[C@H](C)OC(=O)Cc1c(C)[nH]c(/C=C2\N=C(C)C(CC3=C(C)/C(=C/c4[nH]c(C)c(CC(=O)O[C@@H](C)CC=C)c4C)N=C3C)=C2C)c1C. The van der Waals surface area contributed by atoms with E-state index in [1.165, 1.54) is 11.1 Å². The first-order valence-electron chi connectivity index (χ1n) is 17.1. The molecule has 2 N–H and O–H groups in total. The van der Waals surface area contributed by atoms with E-state index >= 15 is 0 Å². The van der Waals surface area contributed by atoms with Crippen LogP contribution in [0.15, 0.2) is 69.0 Å². The number of aromatic nitrogens is 2. The Bertz CT molecular complexity index is 1730. The van der Waals surface area contributed by atoms with Crippen molar-refractivity contribution in [2.75, 3.05) is 0 Å². The molecule has 4 rings (SSSR count). The fraction of sp³-hybridized carbons (Fsp3) is 0.415. The highest BCUT2D eigenvalue weighted by Crippen LogP contribution is 2.37. The molecule has 2 aliphatic heterocycles. The van der Waals surface area contributed by atoms with E-state index in [9.17, 15) is 9.59 Å². The Morgan fingerprint density at radius 2 is 1.04 bits per heavy atom. The summed E-state index contributed by atoms with van der Waals surface area (Å²) in [7, 11) is 0. The lowest BCUT2D eigenvalue weighted by molar-refractivity contribution is -0.148. The number of allylic oxidation sites excluding steroid dienone is 4. The highest BCUT2D eigenvalue weighted by Gasteiger charge is 2.26. The maximum absolute atomic E-state index is 12.6. The molecule has 49 heavy (non-hydrogen) atoms. The average Bonchev–Trinajstić information content (AvgIpc) is 3.63. The predicted octanol–water partition coefficient (Wildman–Crippen LogP) is 9.03. The largest absolute Gasteiger partial charge is 0.462 e. The van der Waals surface area contributed by atoms with Gasteiger partial charge in [0.15, 0.2) is 0 Å². The van der Waals surface area contributed by atoms with Crippen LogP contribution in [-0.2, 0) is 31.9 Å². The fourth-order valence-corrected chi connectivity index (χ4v) is 6.60. The van der Waals surface area contributed by atoms with Gasteiger partial charge in [0.2, 0.25) is 0 Å². The molecule has 0 spiro atoms. The molecule has 2 atom stereocenters. The van der Waals surface area contributed by atoms with Crippen molar-refractivity contribution in [3.05, 3.63) is 104 Å². The number of hydrogen-bond acceptors (Lipinski definition) is 6. The Kier molecular flexibility index (Phi) is 11.9. The van der Waals surface area contributed by atoms with E-state index in [4.69, 9.17) is 19.5 Å². The number of esters is 2. The van der Waals surface area contributed by atoms with Crippen molar-refractivity contribution >= 4 is 35.5 Å². The van der Waals surface area contributed by atoms with Crippen LogP contribution < -0.4 is 0 Å². The van der Waals surface area contributed by atoms with Gasteiger partial charge in [-0.3, -0.25) is 19.6 Å². The number of carbonyl (C=O) groups is 2. The summed E-state index contributed by atoms with van der Waals surface area (Å²) in [6.45, 7) is 27.6. The molecule has 0 amide bonds. The summed E-state index contributed by atoms with van der Waals surface area (Å²) in [4.78, 5) is 42.1. The molecule has 0 aromatic carbocycles. The third kappa shape index (κ3) is 8.48. The van der Waals surface area contributed by atoms with Crippen LogP contribution in [0.4, 0.5) is 0 Å². The van der Waals surface area contributed by atoms with Crippen LogP contribution in [0.1, 0.15) is 106 Å². The van der Waals surface area contributed by atoms with Crippen LogP contribution in [0.3, 0.4) is 0 Å². The van der Waals surface area contributed by atoms with Crippen LogP contribution in [0.25, 0.3) is 12.2 Å². The summed E-state index contributed by atoms with van der Waals surface area (Å²) in [6, 6.07) is 0. The van der Waals surface area contributed by atoms with E-state index in [-0.39, 0.29) is 37.0 Å². The van der Waals surface area contributed by atoms with E-state index in [2.05, 4.69) is 63.0 Å². The van der Waals surface area contributed by atoms with Gasteiger partial charge in [0, 0.05) is 53.5 Å². The lowest BCUT2D eigenvalue weighted by atomic mass is 9.93. The van der Waals surface area contributed by atoms with Gasteiger partial charge in [-0.15, -0.1) is 13.2 Å². The number of aromatic amines is 2. The maximum Gasteiger partial charge on any atom is 0.310 e. The van der Waals surface area contributed by atoms with E-state index in [1.807, 2.05) is 41.5 Å². The Balaban J connectivity index is 1.54. The number of hydrogen-bond donors (Lipinski definition) is 2. The lowest BCUT2D eigenvalue weighted by Crippen LogP contribution is -2.16.